The van der Waals surface area contributed by atoms with Crippen molar-refractivity contribution in [2.45, 2.75) is 45.7 Å². The Morgan fingerprint density at radius 2 is 1.86 bits per heavy atom. The van der Waals surface area contributed by atoms with Crippen LogP contribution in [0.3, 0.4) is 0 Å². The summed E-state index contributed by atoms with van der Waals surface area (Å²) in [5.74, 6) is 0.246. The van der Waals surface area contributed by atoms with Gasteiger partial charge in [-0.15, -0.1) is 0 Å². The number of hydrogen-bond acceptors (Lipinski definition) is 6. The Bertz CT molecular complexity index is 1660. The minimum atomic E-state index is -0.399. The normalized spacial score (nSPS) is 15.3. The molecule has 43 heavy (non-hydrogen) atoms. The molecule has 2 aromatic heterocycles. The highest BCUT2D eigenvalue weighted by Gasteiger charge is 2.25. The maximum Gasteiger partial charge on any atom is 0.157 e. The number of aliphatic imine (C=N–C) groups is 1. The van der Waals surface area contributed by atoms with Gasteiger partial charge in [0, 0.05) is 79.6 Å². The minimum Gasteiger partial charge on any atom is -0.398 e. The number of benzene rings is 2. The number of aromatic nitrogens is 3. The molecule has 2 aromatic carbocycles. The van der Waals surface area contributed by atoms with Crippen molar-refractivity contribution in [2.24, 2.45) is 4.99 Å². The molecule has 4 aromatic rings. The van der Waals surface area contributed by atoms with Gasteiger partial charge in [0.2, 0.25) is 0 Å². The number of aromatic amines is 1. The first-order valence-corrected chi connectivity index (χ1v) is 15.1. The Labute approximate surface area is 252 Å². The second-order valence-electron chi connectivity index (χ2n) is 11.1. The fourth-order valence-corrected chi connectivity index (χ4v) is 5.83. The predicted octanol–water partition coefficient (Wildman–Crippen LogP) is 6.28. The number of anilines is 1. The van der Waals surface area contributed by atoms with Crippen molar-refractivity contribution < 1.29 is 4.39 Å². The Hall–Kier alpha value is -4.56. The van der Waals surface area contributed by atoms with Crippen LogP contribution in [0.15, 0.2) is 84.1 Å². The number of pyridine rings is 1. The molecule has 220 valence electrons. The highest BCUT2D eigenvalue weighted by Crippen LogP contribution is 2.31. The van der Waals surface area contributed by atoms with Crippen LogP contribution in [0.1, 0.15) is 60.1 Å². The molecule has 1 fully saturated rings. The molecule has 2 aliphatic rings. The van der Waals surface area contributed by atoms with Crippen molar-refractivity contribution in [3.8, 4) is 11.1 Å². The van der Waals surface area contributed by atoms with E-state index in [1.54, 1.807) is 18.5 Å². The van der Waals surface area contributed by atoms with Crippen molar-refractivity contribution in [3.05, 3.63) is 119 Å². The number of imidazole rings is 1. The molecular weight excluding hydrogens is 537 g/mol. The molecule has 4 N–H and O–H groups in total. The third-order valence-electron chi connectivity index (χ3n) is 7.97. The smallest absolute Gasteiger partial charge is 0.157 e. The average Bonchev–Trinajstić information content (AvgIpc) is 3.34. The number of hydrogen-bond donors (Lipinski definition) is 3. The van der Waals surface area contributed by atoms with Gasteiger partial charge in [-0.25, -0.2) is 9.37 Å². The minimum absolute atomic E-state index is 0.320. The monoisotopic (exact) mass is 575 g/mol. The Morgan fingerprint density at radius 1 is 1.05 bits per heavy atom. The van der Waals surface area contributed by atoms with E-state index < -0.39 is 5.82 Å². The summed E-state index contributed by atoms with van der Waals surface area (Å²) in [7, 11) is 0. The maximum absolute atomic E-state index is 15.5. The van der Waals surface area contributed by atoms with Gasteiger partial charge < -0.3 is 20.9 Å². The van der Waals surface area contributed by atoms with E-state index in [1.807, 2.05) is 31.2 Å². The van der Waals surface area contributed by atoms with E-state index in [0.717, 1.165) is 48.7 Å². The first-order chi connectivity index (χ1) is 21.1. The summed E-state index contributed by atoms with van der Waals surface area (Å²) < 4.78 is 15.5. The summed E-state index contributed by atoms with van der Waals surface area (Å²) >= 11 is 0. The zero-order chi connectivity index (χ0) is 29.6. The predicted molar refractivity (Wildman–Crippen MR) is 172 cm³/mol. The molecule has 6 rings (SSSR count). The van der Waals surface area contributed by atoms with E-state index >= 15 is 4.39 Å². The number of nitrogens with two attached hydrogens (primary N) is 1. The first-order valence-electron chi connectivity index (χ1n) is 15.1. The lowest BCUT2D eigenvalue weighted by Gasteiger charge is -2.30. The molecule has 0 amide bonds. The second kappa shape index (κ2) is 13.2. The van der Waals surface area contributed by atoms with E-state index in [4.69, 9.17) is 15.7 Å². The van der Waals surface area contributed by atoms with Crippen molar-refractivity contribution in [1.82, 2.24) is 25.2 Å². The molecule has 7 nitrogen and oxygen atoms in total. The lowest BCUT2D eigenvalue weighted by Crippen LogP contribution is -2.28. The van der Waals surface area contributed by atoms with Crippen LogP contribution in [-0.4, -0.2) is 45.2 Å². The van der Waals surface area contributed by atoms with Crippen molar-refractivity contribution in [3.63, 3.8) is 0 Å². The molecule has 3 heterocycles. The zero-order valence-corrected chi connectivity index (χ0v) is 24.6. The van der Waals surface area contributed by atoms with Gasteiger partial charge in [0.05, 0.1) is 5.70 Å². The topological polar surface area (TPSA) is 95.2 Å². The summed E-state index contributed by atoms with van der Waals surface area (Å²) in [4.78, 5) is 20.3. The van der Waals surface area contributed by atoms with Crippen LogP contribution in [0.2, 0.25) is 0 Å². The lowest BCUT2D eigenvalue weighted by atomic mass is 9.98. The van der Waals surface area contributed by atoms with Crippen LogP contribution in [-0.2, 0) is 19.5 Å². The second-order valence-corrected chi connectivity index (χ2v) is 11.1. The first kappa shape index (κ1) is 28.6. The molecular formula is C35H38FN7. The van der Waals surface area contributed by atoms with Crippen LogP contribution >= 0.6 is 0 Å². The van der Waals surface area contributed by atoms with Crippen molar-refractivity contribution in [2.75, 3.05) is 25.4 Å². The van der Waals surface area contributed by atoms with Gasteiger partial charge >= 0.3 is 0 Å². The number of rotatable bonds is 9. The van der Waals surface area contributed by atoms with E-state index in [9.17, 15) is 0 Å². The van der Waals surface area contributed by atoms with Gasteiger partial charge in [-0.3, -0.25) is 9.98 Å². The Kier molecular flexibility index (Phi) is 8.75. The molecule has 0 saturated carbocycles. The van der Waals surface area contributed by atoms with Gasteiger partial charge in [0.15, 0.2) is 5.82 Å². The molecule has 8 heteroatoms. The van der Waals surface area contributed by atoms with E-state index in [-0.39, 0.29) is 0 Å². The van der Waals surface area contributed by atoms with Crippen LogP contribution in [0.25, 0.3) is 16.8 Å². The summed E-state index contributed by atoms with van der Waals surface area (Å²) in [5.41, 5.74) is 14.5. The van der Waals surface area contributed by atoms with Gasteiger partial charge in [-0.2, -0.15) is 0 Å². The zero-order valence-electron chi connectivity index (χ0n) is 24.6. The fraction of sp³-hybridized carbons (Fsp3) is 0.286. The van der Waals surface area contributed by atoms with Gasteiger partial charge in [-0.05, 0) is 61.6 Å². The van der Waals surface area contributed by atoms with Crippen LogP contribution < -0.4 is 11.1 Å². The van der Waals surface area contributed by atoms with Crippen molar-refractivity contribution in [1.29, 1.82) is 0 Å². The average molecular weight is 576 g/mol. The molecule has 0 atom stereocenters. The molecule has 0 spiro atoms. The number of nitrogens with zero attached hydrogens (tertiary/aromatic N) is 4. The lowest BCUT2D eigenvalue weighted by molar-refractivity contribution is 0.325. The Morgan fingerprint density at radius 3 is 2.67 bits per heavy atom. The van der Waals surface area contributed by atoms with E-state index in [1.165, 1.54) is 30.9 Å². The molecule has 0 bridgehead atoms. The third kappa shape index (κ3) is 6.44. The highest BCUT2D eigenvalue weighted by molar-refractivity contribution is 6.14. The quantitative estimate of drug-likeness (QED) is 0.161. The number of piperidine rings is 1. The Balaban J connectivity index is 1.31. The number of halogens is 1. The number of likely N-dealkylation sites (tertiary alicyclic amines) is 1. The van der Waals surface area contributed by atoms with Crippen molar-refractivity contribution >= 4 is 17.1 Å². The molecule has 1 aliphatic carbocycles. The fourth-order valence-electron chi connectivity index (χ4n) is 5.83. The number of H-pyrrole nitrogens is 1. The van der Waals surface area contributed by atoms with Crippen LogP contribution in [0.5, 0.6) is 0 Å². The summed E-state index contributed by atoms with van der Waals surface area (Å²) in [5, 5.41) is 3.45. The van der Waals surface area contributed by atoms with Gasteiger partial charge in [0.1, 0.15) is 17.2 Å². The van der Waals surface area contributed by atoms with Gasteiger partial charge in [-0.1, -0.05) is 42.5 Å². The summed E-state index contributed by atoms with van der Waals surface area (Å²) in [6.45, 7) is 5.92. The molecule has 1 aliphatic heterocycles. The van der Waals surface area contributed by atoms with Crippen LogP contribution in [0, 0.1) is 5.82 Å². The standard InChI is InChI=1S/C35H38FN7/c1-2-40-33(35-41-31-13-7-8-14-32(34(31)42-35)43-15-9-4-10-16-43)28-18-27(29(36)19-30(28)37)26-17-25(22-39-23-26)21-38-20-24-11-5-3-6-12-24/h3,5-8,11-12,14,17-19,22-23,38H,2,4,9-10,13,15-16,20-21,37H2,1H3,(H,41,42). The molecule has 0 unspecified atom stereocenters. The maximum atomic E-state index is 15.5. The highest BCUT2D eigenvalue weighted by atomic mass is 19.1. The largest absolute Gasteiger partial charge is 0.398 e. The summed E-state index contributed by atoms with van der Waals surface area (Å²) in [6, 6.07) is 15.4. The third-order valence-corrected chi connectivity index (χ3v) is 7.97. The van der Waals surface area contributed by atoms with Gasteiger partial charge in [0.25, 0.3) is 0 Å². The van der Waals surface area contributed by atoms with Crippen LogP contribution in [0.4, 0.5) is 10.1 Å². The number of nitrogens with one attached hydrogen (secondary N) is 2. The number of nitrogen functional groups attached to an aromatic ring is 1. The molecule has 0 radical (unpaired) electrons. The summed E-state index contributed by atoms with van der Waals surface area (Å²) in [6.07, 6.45) is 14.3. The van der Waals surface area contributed by atoms with E-state index in [2.05, 4.69) is 50.5 Å². The number of fused-ring (bicyclic) bond motifs is 1. The number of allylic oxidation sites excluding steroid dienone is 3. The molecule has 1 saturated heterocycles. The SMILES string of the molecule is CCN=C(c1nc2c([nH]1)CC=CC=C2N1CCCCC1)c1cc(-c2cncc(CNCc3ccccc3)c2)c(F)cc1N. The van der Waals surface area contributed by atoms with E-state index in [0.29, 0.717) is 47.0 Å².